The Bertz CT molecular complexity index is 356. The van der Waals surface area contributed by atoms with Gasteiger partial charge in [0.05, 0.1) is 20.6 Å². The lowest BCUT2D eigenvalue weighted by Gasteiger charge is -2.08. The maximum atomic E-state index is 13.4. The summed E-state index contributed by atoms with van der Waals surface area (Å²) in [6, 6.07) is 2.63. The molecule has 0 heterocycles. The van der Waals surface area contributed by atoms with Gasteiger partial charge < -0.3 is 15.2 Å². The van der Waals surface area contributed by atoms with Crippen molar-refractivity contribution >= 4 is 11.7 Å². The molecule has 0 unspecified atom stereocenters. The number of hydrogen-bond donors (Lipinski definition) is 1. The standard InChI is InChI=1S/C10H12FNO3/c1-14-6-3-8(11)7(9(12)4-6)5-10(13)15-2/h3-4H,5,12H2,1-2H3. The van der Waals surface area contributed by atoms with Crippen LogP contribution in [-0.2, 0) is 16.0 Å². The van der Waals surface area contributed by atoms with E-state index in [-0.39, 0.29) is 17.7 Å². The molecule has 1 rings (SSSR count). The highest BCUT2D eigenvalue weighted by Crippen LogP contribution is 2.24. The molecule has 0 aliphatic heterocycles. The lowest BCUT2D eigenvalue weighted by Crippen LogP contribution is -2.09. The molecule has 82 valence electrons. The van der Waals surface area contributed by atoms with E-state index < -0.39 is 11.8 Å². The van der Waals surface area contributed by atoms with Crippen LogP contribution in [0.15, 0.2) is 12.1 Å². The summed E-state index contributed by atoms with van der Waals surface area (Å²) >= 11 is 0. The first kappa shape index (κ1) is 11.3. The van der Waals surface area contributed by atoms with Crippen molar-refractivity contribution in [3.63, 3.8) is 0 Å². The van der Waals surface area contributed by atoms with Crippen LogP contribution in [0.3, 0.4) is 0 Å². The fourth-order valence-electron chi connectivity index (χ4n) is 1.15. The smallest absolute Gasteiger partial charge is 0.310 e. The van der Waals surface area contributed by atoms with Crippen molar-refractivity contribution in [1.29, 1.82) is 0 Å². The molecule has 0 aliphatic rings. The van der Waals surface area contributed by atoms with Gasteiger partial charge in [0.1, 0.15) is 11.6 Å². The first-order valence-corrected chi connectivity index (χ1v) is 4.27. The maximum Gasteiger partial charge on any atom is 0.310 e. The van der Waals surface area contributed by atoms with Crippen LogP contribution in [0.2, 0.25) is 0 Å². The molecule has 0 spiro atoms. The van der Waals surface area contributed by atoms with Gasteiger partial charge in [-0.2, -0.15) is 0 Å². The zero-order valence-electron chi connectivity index (χ0n) is 8.54. The average molecular weight is 213 g/mol. The number of hydrogen-bond acceptors (Lipinski definition) is 4. The van der Waals surface area contributed by atoms with Crippen molar-refractivity contribution in [2.24, 2.45) is 0 Å². The molecule has 5 heteroatoms. The highest BCUT2D eigenvalue weighted by molar-refractivity contribution is 5.75. The molecule has 0 atom stereocenters. The van der Waals surface area contributed by atoms with Crippen molar-refractivity contribution in [3.8, 4) is 5.75 Å². The van der Waals surface area contributed by atoms with Crippen LogP contribution >= 0.6 is 0 Å². The molecule has 0 aliphatic carbocycles. The normalized spacial score (nSPS) is 9.80. The fourth-order valence-corrected chi connectivity index (χ4v) is 1.15. The Morgan fingerprint density at radius 3 is 2.60 bits per heavy atom. The molecular formula is C10H12FNO3. The van der Waals surface area contributed by atoms with Gasteiger partial charge >= 0.3 is 5.97 Å². The lowest BCUT2D eigenvalue weighted by molar-refractivity contribution is -0.139. The number of ether oxygens (including phenoxy) is 2. The van der Waals surface area contributed by atoms with E-state index >= 15 is 0 Å². The summed E-state index contributed by atoms with van der Waals surface area (Å²) in [5.74, 6) is -0.790. The van der Waals surface area contributed by atoms with Crippen LogP contribution in [0.25, 0.3) is 0 Å². The highest BCUT2D eigenvalue weighted by Gasteiger charge is 2.13. The van der Waals surface area contributed by atoms with Crippen molar-refractivity contribution in [2.45, 2.75) is 6.42 Å². The average Bonchev–Trinajstić information content (AvgIpc) is 2.22. The molecule has 0 saturated heterocycles. The third-order valence-corrected chi connectivity index (χ3v) is 1.99. The van der Waals surface area contributed by atoms with Crippen molar-refractivity contribution in [2.75, 3.05) is 20.0 Å². The number of anilines is 1. The molecule has 15 heavy (non-hydrogen) atoms. The Labute approximate surface area is 86.8 Å². The Kier molecular flexibility index (Phi) is 3.49. The molecule has 0 fully saturated rings. The molecule has 2 N–H and O–H groups in total. The Hall–Kier alpha value is -1.78. The second kappa shape index (κ2) is 4.63. The Balaban J connectivity index is 3.03. The number of carbonyl (C=O) groups is 1. The van der Waals surface area contributed by atoms with E-state index in [0.717, 1.165) is 0 Å². The summed E-state index contributed by atoms with van der Waals surface area (Å²) in [5, 5.41) is 0. The predicted octanol–water partition coefficient (Wildman–Crippen LogP) is 1.13. The number of nitrogen functional groups attached to an aromatic ring is 1. The second-order valence-electron chi connectivity index (χ2n) is 2.93. The van der Waals surface area contributed by atoms with Gasteiger partial charge in [-0.3, -0.25) is 4.79 Å². The maximum absolute atomic E-state index is 13.4. The van der Waals surface area contributed by atoms with Crippen LogP contribution in [0, 0.1) is 5.82 Å². The van der Waals surface area contributed by atoms with Gasteiger partial charge in [0, 0.05) is 23.4 Å². The highest BCUT2D eigenvalue weighted by atomic mass is 19.1. The molecule has 0 bridgehead atoms. The minimum atomic E-state index is -0.572. The van der Waals surface area contributed by atoms with Gasteiger partial charge in [-0.05, 0) is 0 Å². The van der Waals surface area contributed by atoms with Crippen molar-refractivity contribution in [3.05, 3.63) is 23.5 Å². The van der Waals surface area contributed by atoms with Crippen LogP contribution < -0.4 is 10.5 Å². The number of halogens is 1. The first-order chi connectivity index (χ1) is 7.08. The van der Waals surface area contributed by atoms with Gasteiger partial charge in [0.2, 0.25) is 0 Å². The zero-order chi connectivity index (χ0) is 11.4. The monoisotopic (exact) mass is 213 g/mol. The van der Waals surface area contributed by atoms with Gasteiger partial charge in [-0.1, -0.05) is 0 Å². The van der Waals surface area contributed by atoms with E-state index in [9.17, 15) is 9.18 Å². The quantitative estimate of drug-likeness (QED) is 0.604. The Morgan fingerprint density at radius 2 is 2.13 bits per heavy atom. The summed E-state index contributed by atoms with van der Waals surface area (Å²) in [6.45, 7) is 0. The molecule has 0 aromatic heterocycles. The predicted molar refractivity (Wildman–Crippen MR) is 53.1 cm³/mol. The molecule has 1 aromatic rings. The van der Waals surface area contributed by atoms with Gasteiger partial charge in [-0.25, -0.2) is 4.39 Å². The van der Waals surface area contributed by atoms with Crippen LogP contribution in [0.1, 0.15) is 5.56 Å². The number of carbonyl (C=O) groups excluding carboxylic acids is 1. The molecule has 0 saturated carbocycles. The van der Waals surface area contributed by atoms with Crippen LogP contribution in [0.4, 0.5) is 10.1 Å². The van der Waals surface area contributed by atoms with E-state index in [1.165, 1.54) is 26.4 Å². The minimum Gasteiger partial charge on any atom is -0.497 e. The van der Waals surface area contributed by atoms with Crippen LogP contribution in [-0.4, -0.2) is 20.2 Å². The van der Waals surface area contributed by atoms with Crippen molar-refractivity contribution in [1.82, 2.24) is 0 Å². The SMILES string of the molecule is COC(=O)Cc1c(N)cc(OC)cc1F. The van der Waals surface area contributed by atoms with E-state index in [1.54, 1.807) is 0 Å². The molecule has 1 aromatic carbocycles. The van der Waals surface area contributed by atoms with Crippen molar-refractivity contribution < 1.29 is 18.7 Å². The lowest BCUT2D eigenvalue weighted by atomic mass is 10.1. The Morgan fingerprint density at radius 1 is 1.47 bits per heavy atom. The van der Waals surface area contributed by atoms with E-state index in [1.807, 2.05) is 0 Å². The van der Waals surface area contributed by atoms with E-state index in [0.29, 0.717) is 5.75 Å². The number of methoxy groups -OCH3 is 2. The van der Waals surface area contributed by atoms with Gasteiger partial charge in [0.15, 0.2) is 0 Å². The van der Waals surface area contributed by atoms with Gasteiger partial charge in [-0.15, -0.1) is 0 Å². The summed E-state index contributed by atoms with van der Waals surface area (Å²) < 4.78 is 22.7. The van der Waals surface area contributed by atoms with E-state index in [2.05, 4.69) is 4.74 Å². The number of benzene rings is 1. The summed E-state index contributed by atoms with van der Waals surface area (Å²) in [5.41, 5.74) is 5.88. The molecule has 0 radical (unpaired) electrons. The largest absolute Gasteiger partial charge is 0.497 e. The number of nitrogens with two attached hydrogens (primary N) is 1. The zero-order valence-corrected chi connectivity index (χ0v) is 8.54. The molecular weight excluding hydrogens is 201 g/mol. The third-order valence-electron chi connectivity index (χ3n) is 1.99. The first-order valence-electron chi connectivity index (χ1n) is 4.27. The fraction of sp³-hybridized carbons (Fsp3) is 0.300. The minimum absolute atomic E-state index is 0.127. The topological polar surface area (TPSA) is 61.5 Å². The van der Waals surface area contributed by atoms with Gasteiger partial charge in [0.25, 0.3) is 0 Å². The number of rotatable bonds is 3. The summed E-state index contributed by atoms with van der Waals surface area (Å²) in [6.07, 6.45) is -0.182. The third kappa shape index (κ3) is 2.59. The molecule has 4 nitrogen and oxygen atoms in total. The number of esters is 1. The molecule has 0 amide bonds. The van der Waals surface area contributed by atoms with Crippen LogP contribution in [0.5, 0.6) is 5.75 Å². The summed E-state index contributed by atoms with van der Waals surface area (Å²) in [4.78, 5) is 11.0. The second-order valence-corrected chi connectivity index (χ2v) is 2.93. The van der Waals surface area contributed by atoms with E-state index in [4.69, 9.17) is 10.5 Å². The summed E-state index contributed by atoms with van der Waals surface area (Å²) in [7, 11) is 2.65.